The molecule has 2 aromatic carbocycles. The van der Waals surface area contributed by atoms with Gasteiger partial charge in [-0.25, -0.2) is 9.97 Å². The Morgan fingerprint density at radius 1 is 1.17 bits per heavy atom. The molecule has 2 aliphatic rings. The topological polar surface area (TPSA) is 76.6 Å². The standard InChI is InChI=1S/C22H20N4O3/c1-14-10-16-4-2-3-5-18(16)26(14)22-23-9-8-17(25-22)21(27)24-12-15-6-7-19-20(11-15)29-13-28-19/h2-9,11,14H,10,12-13H2,1H3,(H,24,27). The number of fused-ring (bicyclic) bond motifs is 2. The van der Waals surface area contributed by atoms with Crippen molar-refractivity contribution in [2.24, 2.45) is 0 Å². The van der Waals surface area contributed by atoms with Crippen LogP contribution in [0.4, 0.5) is 11.6 Å². The number of hydrogen-bond acceptors (Lipinski definition) is 6. The average molecular weight is 388 g/mol. The van der Waals surface area contributed by atoms with Crippen molar-refractivity contribution >= 4 is 17.5 Å². The van der Waals surface area contributed by atoms with Gasteiger partial charge in [-0.05, 0) is 48.7 Å². The SMILES string of the molecule is CC1Cc2ccccc2N1c1nccc(C(=O)NCc2ccc3c(c2)OCO3)n1. The highest BCUT2D eigenvalue weighted by Gasteiger charge is 2.29. The van der Waals surface area contributed by atoms with E-state index in [1.165, 1.54) is 5.56 Å². The van der Waals surface area contributed by atoms with E-state index in [9.17, 15) is 4.79 Å². The molecule has 0 aliphatic carbocycles. The Labute approximate surface area is 168 Å². The van der Waals surface area contributed by atoms with Gasteiger partial charge >= 0.3 is 0 Å². The number of carbonyl (C=O) groups is 1. The normalized spacial score (nSPS) is 16.6. The van der Waals surface area contributed by atoms with Gasteiger partial charge in [0.15, 0.2) is 11.5 Å². The van der Waals surface area contributed by atoms with E-state index in [2.05, 4.69) is 39.2 Å². The van der Waals surface area contributed by atoms with Gasteiger partial charge in [0.25, 0.3) is 5.91 Å². The van der Waals surface area contributed by atoms with Gasteiger partial charge in [0, 0.05) is 24.5 Å². The summed E-state index contributed by atoms with van der Waals surface area (Å²) in [6, 6.07) is 15.7. The lowest BCUT2D eigenvalue weighted by Gasteiger charge is -2.22. The summed E-state index contributed by atoms with van der Waals surface area (Å²) >= 11 is 0. The van der Waals surface area contributed by atoms with Crippen LogP contribution in [0.15, 0.2) is 54.7 Å². The van der Waals surface area contributed by atoms with E-state index in [4.69, 9.17) is 9.47 Å². The Morgan fingerprint density at radius 3 is 2.97 bits per heavy atom. The first-order chi connectivity index (χ1) is 14.2. The lowest BCUT2D eigenvalue weighted by Crippen LogP contribution is -2.28. The van der Waals surface area contributed by atoms with Crippen molar-refractivity contribution in [3.63, 3.8) is 0 Å². The van der Waals surface area contributed by atoms with E-state index in [1.54, 1.807) is 12.3 Å². The summed E-state index contributed by atoms with van der Waals surface area (Å²) in [5.41, 5.74) is 3.63. The first-order valence-corrected chi connectivity index (χ1v) is 9.56. The maximum Gasteiger partial charge on any atom is 0.270 e. The third-order valence-corrected chi connectivity index (χ3v) is 5.19. The van der Waals surface area contributed by atoms with Crippen molar-refractivity contribution in [2.75, 3.05) is 11.7 Å². The van der Waals surface area contributed by atoms with Crippen LogP contribution in [0.2, 0.25) is 0 Å². The quantitative estimate of drug-likeness (QED) is 0.740. The van der Waals surface area contributed by atoms with Gasteiger partial charge in [0.2, 0.25) is 12.7 Å². The third-order valence-electron chi connectivity index (χ3n) is 5.19. The molecule has 0 bridgehead atoms. The Balaban J connectivity index is 1.33. The van der Waals surface area contributed by atoms with E-state index in [0.29, 0.717) is 23.9 Å². The van der Waals surface area contributed by atoms with Crippen LogP contribution in [0.5, 0.6) is 11.5 Å². The van der Waals surface area contributed by atoms with Crippen LogP contribution in [0.3, 0.4) is 0 Å². The summed E-state index contributed by atoms with van der Waals surface area (Å²) in [7, 11) is 0. The minimum atomic E-state index is -0.244. The van der Waals surface area contributed by atoms with E-state index in [-0.39, 0.29) is 18.7 Å². The lowest BCUT2D eigenvalue weighted by molar-refractivity contribution is 0.0945. The number of ether oxygens (including phenoxy) is 2. The predicted octanol–water partition coefficient (Wildman–Crippen LogP) is 3.22. The van der Waals surface area contributed by atoms with E-state index >= 15 is 0 Å². The Bertz CT molecular complexity index is 1090. The molecular weight excluding hydrogens is 368 g/mol. The number of nitrogens with zero attached hydrogens (tertiary/aromatic N) is 3. The zero-order valence-electron chi connectivity index (χ0n) is 16.0. The second kappa shape index (κ2) is 7.09. The molecule has 1 atom stereocenters. The number of benzene rings is 2. The van der Waals surface area contributed by atoms with Crippen molar-refractivity contribution in [1.29, 1.82) is 0 Å². The molecule has 2 aliphatic heterocycles. The molecule has 3 heterocycles. The van der Waals surface area contributed by atoms with Crippen molar-refractivity contribution in [3.8, 4) is 11.5 Å². The maximum absolute atomic E-state index is 12.7. The maximum atomic E-state index is 12.7. The number of hydrogen-bond donors (Lipinski definition) is 1. The fraction of sp³-hybridized carbons (Fsp3) is 0.227. The molecule has 0 fully saturated rings. The molecule has 29 heavy (non-hydrogen) atoms. The molecule has 146 valence electrons. The average Bonchev–Trinajstić information content (AvgIpc) is 3.34. The summed E-state index contributed by atoms with van der Waals surface area (Å²) < 4.78 is 10.7. The van der Waals surface area contributed by atoms with Gasteiger partial charge in [-0.2, -0.15) is 0 Å². The summed E-state index contributed by atoms with van der Waals surface area (Å²) in [6.07, 6.45) is 2.56. The summed E-state index contributed by atoms with van der Waals surface area (Å²) in [5.74, 6) is 1.72. The smallest absolute Gasteiger partial charge is 0.270 e. The van der Waals surface area contributed by atoms with E-state index < -0.39 is 0 Å². The van der Waals surface area contributed by atoms with Crippen LogP contribution < -0.4 is 19.7 Å². The minimum absolute atomic E-state index is 0.229. The van der Waals surface area contributed by atoms with Gasteiger partial charge in [0.05, 0.1) is 0 Å². The number of amides is 1. The third kappa shape index (κ3) is 3.24. The highest BCUT2D eigenvalue weighted by molar-refractivity contribution is 5.92. The molecule has 5 rings (SSSR count). The van der Waals surface area contributed by atoms with Gasteiger partial charge in [-0.1, -0.05) is 24.3 Å². The largest absolute Gasteiger partial charge is 0.454 e. The fourth-order valence-corrected chi connectivity index (χ4v) is 3.79. The van der Waals surface area contributed by atoms with Crippen molar-refractivity contribution in [1.82, 2.24) is 15.3 Å². The monoisotopic (exact) mass is 388 g/mol. The molecule has 3 aromatic rings. The van der Waals surface area contributed by atoms with Gasteiger partial charge in [0.1, 0.15) is 5.69 Å². The lowest BCUT2D eigenvalue weighted by atomic mass is 10.1. The first-order valence-electron chi connectivity index (χ1n) is 9.56. The minimum Gasteiger partial charge on any atom is -0.454 e. The summed E-state index contributed by atoms with van der Waals surface area (Å²) in [6.45, 7) is 2.74. The van der Waals surface area contributed by atoms with Crippen molar-refractivity contribution in [2.45, 2.75) is 25.9 Å². The molecule has 0 spiro atoms. The number of aromatic nitrogens is 2. The Kier molecular flexibility index (Phi) is 4.27. The number of nitrogens with one attached hydrogen (secondary N) is 1. The number of anilines is 2. The first kappa shape index (κ1) is 17.5. The fourth-order valence-electron chi connectivity index (χ4n) is 3.79. The summed E-state index contributed by atoms with van der Waals surface area (Å²) in [5, 5.41) is 2.91. The molecule has 1 amide bonds. The summed E-state index contributed by atoms with van der Waals surface area (Å²) in [4.78, 5) is 23.7. The molecule has 7 heteroatoms. The van der Waals surface area contributed by atoms with Crippen LogP contribution in [-0.2, 0) is 13.0 Å². The number of para-hydroxylation sites is 1. The van der Waals surface area contributed by atoms with Crippen molar-refractivity contribution in [3.05, 3.63) is 71.5 Å². The Morgan fingerprint density at radius 2 is 2.03 bits per heavy atom. The predicted molar refractivity (Wildman–Crippen MR) is 108 cm³/mol. The molecule has 0 radical (unpaired) electrons. The van der Waals surface area contributed by atoms with Crippen LogP contribution in [-0.4, -0.2) is 28.7 Å². The number of carbonyl (C=O) groups excluding carboxylic acids is 1. The molecule has 0 saturated carbocycles. The van der Waals surface area contributed by atoms with E-state index in [0.717, 1.165) is 23.4 Å². The van der Waals surface area contributed by atoms with E-state index in [1.807, 2.05) is 30.3 Å². The van der Waals surface area contributed by atoms with Crippen LogP contribution >= 0.6 is 0 Å². The van der Waals surface area contributed by atoms with Crippen LogP contribution in [0.1, 0.15) is 28.5 Å². The molecule has 7 nitrogen and oxygen atoms in total. The molecule has 1 unspecified atom stereocenters. The van der Waals surface area contributed by atoms with Crippen LogP contribution in [0.25, 0.3) is 0 Å². The van der Waals surface area contributed by atoms with Crippen LogP contribution in [0, 0.1) is 0 Å². The molecule has 0 saturated heterocycles. The highest BCUT2D eigenvalue weighted by Crippen LogP contribution is 2.36. The van der Waals surface area contributed by atoms with Gasteiger partial charge < -0.3 is 19.7 Å². The Hall–Kier alpha value is -3.61. The van der Waals surface area contributed by atoms with Gasteiger partial charge in [-0.3, -0.25) is 4.79 Å². The van der Waals surface area contributed by atoms with Crippen molar-refractivity contribution < 1.29 is 14.3 Å². The second-order valence-corrected chi connectivity index (χ2v) is 7.16. The molecule has 1 aromatic heterocycles. The second-order valence-electron chi connectivity index (χ2n) is 7.16. The molecule has 1 N–H and O–H groups in total. The molecular formula is C22H20N4O3. The zero-order chi connectivity index (χ0) is 19.8. The van der Waals surface area contributed by atoms with Gasteiger partial charge in [-0.15, -0.1) is 0 Å². The highest BCUT2D eigenvalue weighted by atomic mass is 16.7. The number of rotatable bonds is 4. The zero-order valence-corrected chi connectivity index (χ0v) is 16.0.